The molecule has 2 fully saturated rings. The van der Waals surface area contributed by atoms with Crippen LogP contribution in [-0.2, 0) is 16.1 Å². The van der Waals surface area contributed by atoms with E-state index in [0.29, 0.717) is 47.4 Å². The highest BCUT2D eigenvalue weighted by atomic mass is 35.5. The predicted molar refractivity (Wildman–Crippen MR) is 119 cm³/mol. The minimum atomic E-state index is -4.63. The molecule has 3 heterocycles. The first-order chi connectivity index (χ1) is 16.7. The van der Waals surface area contributed by atoms with E-state index in [1.165, 1.54) is 11.3 Å². The molecule has 1 aliphatic heterocycles. The SMILES string of the molecule is O=C(NN1CCC(c2nnc(COC3CC(OC(F)(F)F)C3)o2)CC1)c1nc2cc(Cl)ccc2s1. The van der Waals surface area contributed by atoms with Gasteiger partial charge in [-0.2, -0.15) is 0 Å². The number of piperidine rings is 1. The molecule has 3 aromatic rings. The maximum atomic E-state index is 12.6. The largest absolute Gasteiger partial charge is 0.522 e. The molecule has 9 nitrogen and oxygen atoms in total. The fourth-order valence-electron chi connectivity index (χ4n) is 4.05. The van der Waals surface area contributed by atoms with Crippen LogP contribution in [0.2, 0.25) is 5.02 Å². The number of nitrogens with one attached hydrogen (secondary N) is 1. The second kappa shape index (κ2) is 9.97. The normalized spacial score (nSPS) is 21.8. The molecule has 35 heavy (non-hydrogen) atoms. The number of thiazole rings is 1. The van der Waals surface area contributed by atoms with Crippen LogP contribution in [0.3, 0.4) is 0 Å². The van der Waals surface area contributed by atoms with E-state index in [9.17, 15) is 18.0 Å². The molecule has 2 aromatic heterocycles. The number of amides is 1. The van der Waals surface area contributed by atoms with E-state index >= 15 is 0 Å². The van der Waals surface area contributed by atoms with Gasteiger partial charge in [0.25, 0.3) is 5.91 Å². The van der Waals surface area contributed by atoms with Crippen molar-refractivity contribution in [3.63, 3.8) is 0 Å². The van der Waals surface area contributed by atoms with Crippen molar-refractivity contribution in [2.45, 2.75) is 56.8 Å². The molecule has 0 spiro atoms. The first-order valence-corrected chi connectivity index (χ1v) is 12.2. The Morgan fingerprint density at radius 1 is 1.23 bits per heavy atom. The van der Waals surface area contributed by atoms with Crippen molar-refractivity contribution in [1.29, 1.82) is 0 Å². The summed E-state index contributed by atoms with van der Waals surface area (Å²) in [5.74, 6) is 0.551. The fourth-order valence-corrected chi connectivity index (χ4v) is 5.05. The van der Waals surface area contributed by atoms with E-state index in [1.54, 1.807) is 12.1 Å². The number of fused-ring (bicyclic) bond motifs is 1. The van der Waals surface area contributed by atoms with Crippen LogP contribution in [0.1, 0.15) is 53.2 Å². The van der Waals surface area contributed by atoms with Crippen LogP contribution in [0.15, 0.2) is 22.6 Å². The molecule has 188 valence electrons. The second-order valence-electron chi connectivity index (χ2n) is 8.46. The van der Waals surface area contributed by atoms with Crippen molar-refractivity contribution in [3.05, 3.63) is 40.0 Å². The van der Waals surface area contributed by atoms with Crippen molar-refractivity contribution in [3.8, 4) is 0 Å². The molecule has 5 rings (SSSR count). The van der Waals surface area contributed by atoms with Gasteiger partial charge in [-0.1, -0.05) is 11.6 Å². The van der Waals surface area contributed by atoms with Gasteiger partial charge in [-0.05, 0) is 31.0 Å². The van der Waals surface area contributed by atoms with Crippen molar-refractivity contribution in [2.75, 3.05) is 13.1 Å². The highest BCUT2D eigenvalue weighted by Gasteiger charge is 2.40. The van der Waals surface area contributed by atoms with Gasteiger partial charge in [-0.25, -0.2) is 9.99 Å². The van der Waals surface area contributed by atoms with Gasteiger partial charge < -0.3 is 9.15 Å². The number of nitrogens with zero attached hydrogens (tertiary/aromatic N) is 4. The summed E-state index contributed by atoms with van der Waals surface area (Å²) in [7, 11) is 0. The van der Waals surface area contributed by atoms with Gasteiger partial charge in [0.05, 0.1) is 22.4 Å². The smallest absolute Gasteiger partial charge is 0.422 e. The molecule has 1 saturated carbocycles. The van der Waals surface area contributed by atoms with E-state index < -0.39 is 12.5 Å². The lowest BCUT2D eigenvalue weighted by Gasteiger charge is -2.34. The fraction of sp³-hybridized carbons (Fsp3) is 0.524. The molecular formula is C21H21ClF3N5O4S. The number of alkyl halides is 3. The maximum Gasteiger partial charge on any atom is 0.522 e. The number of halogens is 4. The Labute approximate surface area is 206 Å². The minimum absolute atomic E-state index is 0.0404. The quantitative estimate of drug-likeness (QED) is 0.477. The van der Waals surface area contributed by atoms with Gasteiger partial charge in [0, 0.05) is 36.9 Å². The number of carbonyl (C=O) groups is 1. The Hall–Kier alpha value is -2.32. The Morgan fingerprint density at radius 3 is 2.74 bits per heavy atom. The molecule has 0 atom stereocenters. The van der Waals surface area contributed by atoms with Crippen molar-refractivity contribution >= 4 is 39.1 Å². The number of carbonyl (C=O) groups excluding carboxylic acids is 1. The average Bonchev–Trinajstić information content (AvgIpc) is 3.42. The second-order valence-corrected chi connectivity index (χ2v) is 9.92. The summed E-state index contributed by atoms with van der Waals surface area (Å²) in [5, 5.41) is 10.9. The lowest BCUT2D eigenvalue weighted by Crippen LogP contribution is -2.46. The first-order valence-electron chi connectivity index (χ1n) is 11.0. The first kappa shape index (κ1) is 24.4. The molecule has 14 heteroatoms. The number of rotatable bonds is 7. The lowest BCUT2D eigenvalue weighted by molar-refractivity contribution is -0.357. The van der Waals surface area contributed by atoms with Crippen LogP contribution in [0.25, 0.3) is 10.2 Å². The van der Waals surface area contributed by atoms with Crippen molar-refractivity contribution in [2.24, 2.45) is 0 Å². The zero-order valence-electron chi connectivity index (χ0n) is 18.3. The van der Waals surface area contributed by atoms with E-state index in [2.05, 4.69) is 25.3 Å². The Bertz CT molecular complexity index is 1190. The summed E-state index contributed by atoms with van der Waals surface area (Å²) in [6.07, 6.45) is -4.05. The van der Waals surface area contributed by atoms with E-state index in [4.69, 9.17) is 20.8 Å². The van der Waals surface area contributed by atoms with E-state index in [1.807, 2.05) is 11.1 Å². The summed E-state index contributed by atoms with van der Waals surface area (Å²) in [5.41, 5.74) is 3.58. The van der Waals surface area contributed by atoms with Crippen LogP contribution in [0.4, 0.5) is 13.2 Å². The Balaban J connectivity index is 1.05. The number of hydrazine groups is 1. The topological polar surface area (TPSA) is 103 Å². The summed E-state index contributed by atoms with van der Waals surface area (Å²) in [6.45, 7) is 1.24. The third-order valence-electron chi connectivity index (χ3n) is 5.92. The van der Waals surface area contributed by atoms with Gasteiger partial charge in [-0.15, -0.1) is 34.7 Å². The number of ether oxygens (including phenoxy) is 2. The van der Waals surface area contributed by atoms with Gasteiger partial charge >= 0.3 is 6.36 Å². The van der Waals surface area contributed by atoms with Gasteiger partial charge in [0.1, 0.15) is 6.61 Å². The molecular weight excluding hydrogens is 511 g/mol. The van der Waals surface area contributed by atoms with Crippen LogP contribution >= 0.6 is 22.9 Å². The van der Waals surface area contributed by atoms with E-state index in [-0.39, 0.29) is 43.3 Å². The van der Waals surface area contributed by atoms with Gasteiger partial charge in [0.2, 0.25) is 11.8 Å². The molecule has 1 amide bonds. The highest BCUT2D eigenvalue weighted by molar-refractivity contribution is 7.20. The van der Waals surface area contributed by atoms with Crippen LogP contribution in [-0.4, -0.2) is 57.8 Å². The average molecular weight is 532 g/mol. The highest BCUT2D eigenvalue weighted by Crippen LogP contribution is 2.33. The number of benzene rings is 1. The molecule has 1 N–H and O–H groups in total. The van der Waals surface area contributed by atoms with Crippen molar-refractivity contribution in [1.82, 2.24) is 25.6 Å². The third-order valence-corrected chi connectivity index (χ3v) is 7.19. The summed E-state index contributed by atoms with van der Waals surface area (Å²) >= 11 is 7.29. The van der Waals surface area contributed by atoms with Gasteiger partial charge in [-0.3, -0.25) is 15.0 Å². The Morgan fingerprint density at radius 2 is 2.00 bits per heavy atom. The number of aromatic nitrogens is 3. The minimum Gasteiger partial charge on any atom is -0.422 e. The predicted octanol–water partition coefficient (Wildman–Crippen LogP) is 4.44. The molecule has 0 bridgehead atoms. The Kier molecular flexibility index (Phi) is 6.95. The zero-order chi connectivity index (χ0) is 24.6. The summed E-state index contributed by atoms with van der Waals surface area (Å²) in [6, 6.07) is 5.33. The molecule has 1 aromatic carbocycles. The monoisotopic (exact) mass is 531 g/mol. The number of hydrogen-bond donors (Lipinski definition) is 1. The number of hydrogen-bond acceptors (Lipinski definition) is 9. The third kappa shape index (κ3) is 6.09. The zero-order valence-corrected chi connectivity index (χ0v) is 19.8. The van der Waals surface area contributed by atoms with Crippen LogP contribution in [0.5, 0.6) is 0 Å². The molecule has 0 radical (unpaired) electrons. The molecule has 1 aliphatic carbocycles. The van der Waals surface area contributed by atoms with Crippen LogP contribution < -0.4 is 5.43 Å². The molecule has 2 aliphatic rings. The van der Waals surface area contributed by atoms with Crippen LogP contribution in [0, 0.1) is 0 Å². The lowest BCUT2D eigenvalue weighted by atomic mass is 9.92. The standard InChI is InChI=1S/C21H21ClF3N5O4S/c22-12-1-2-16-15(7-12)26-20(35-16)18(31)29-30-5-3-11(4-6-30)19-28-27-17(33-19)10-32-13-8-14(9-13)34-21(23,24)25/h1-2,7,11,13-14H,3-6,8-10H2,(H,29,31). The van der Waals surface area contributed by atoms with Crippen molar-refractivity contribution < 1.29 is 31.9 Å². The summed E-state index contributed by atoms with van der Waals surface area (Å²) < 4.78 is 52.6. The molecule has 1 saturated heterocycles. The molecule has 0 unspecified atom stereocenters. The van der Waals surface area contributed by atoms with Gasteiger partial charge in [0.15, 0.2) is 5.01 Å². The van der Waals surface area contributed by atoms with E-state index in [0.717, 1.165) is 4.70 Å². The summed E-state index contributed by atoms with van der Waals surface area (Å²) in [4.78, 5) is 17.0. The maximum absolute atomic E-state index is 12.6.